The van der Waals surface area contributed by atoms with Crippen LogP contribution in [0.3, 0.4) is 0 Å². The summed E-state index contributed by atoms with van der Waals surface area (Å²) in [4.78, 5) is 2.88. The molecule has 1 fully saturated rings. The third kappa shape index (κ3) is 3.33. The van der Waals surface area contributed by atoms with Crippen LogP contribution in [0.4, 0.5) is 0 Å². The van der Waals surface area contributed by atoms with Gasteiger partial charge in [-0.2, -0.15) is 0 Å². The van der Waals surface area contributed by atoms with Crippen LogP contribution in [0.2, 0.25) is 0 Å². The summed E-state index contributed by atoms with van der Waals surface area (Å²) in [5, 5.41) is 8.21. The number of hydrogen-bond donors (Lipinski definition) is 1. The topological polar surface area (TPSA) is 12.0 Å². The molecule has 1 saturated carbocycles. The van der Waals surface area contributed by atoms with Gasteiger partial charge in [-0.05, 0) is 47.7 Å². The summed E-state index contributed by atoms with van der Waals surface area (Å²) in [7, 11) is 0. The van der Waals surface area contributed by atoms with Gasteiger partial charge in [-0.3, -0.25) is 0 Å². The van der Waals surface area contributed by atoms with E-state index in [2.05, 4.69) is 47.3 Å². The Balaban J connectivity index is 1.68. The van der Waals surface area contributed by atoms with Gasteiger partial charge in [0.25, 0.3) is 0 Å². The van der Waals surface area contributed by atoms with Crippen molar-refractivity contribution >= 4 is 22.7 Å². The maximum Gasteiger partial charge on any atom is 0.0764 e. The zero-order valence-corrected chi connectivity index (χ0v) is 13.7. The van der Waals surface area contributed by atoms with Gasteiger partial charge in [0.05, 0.1) is 6.04 Å². The van der Waals surface area contributed by atoms with Crippen molar-refractivity contribution in [3.63, 3.8) is 0 Å². The lowest BCUT2D eigenvalue weighted by Crippen LogP contribution is -2.32. The van der Waals surface area contributed by atoms with Crippen LogP contribution in [0.25, 0.3) is 0 Å². The summed E-state index contributed by atoms with van der Waals surface area (Å²) in [6.45, 7) is 3.58. The normalized spacial score (nSPS) is 23.3. The summed E-state index contributed by atoms with van der Waals surface area (Å²) in [6, 6.07) is 9.22. The number of thiophene rings is 2. The Labute approximate surface area is 130 Å². The molecule has 2 heterocycles. The van der Waals surface area contributed by atoms with Gasteiger partial charge in [0.2, 0.25) is 0 Å². The van der Waals surface area contributed by atoms with Crippen molar-refractivity contribution in [1.82, 2.24) is 5.32 Å². The Kier molecular flexibility index (Phi) is 4.92. The molecule has 1 nitrogen and oxygen atoms in total. The third-order valence-corrected chi connectivity index (χ3v) is 6.40. The number of nitrogens with one attached hydrogen (secondary N) is 1. The zero-order chi connectivity index (χ0) is 13.8. The molecule has 2 aromatic heterocycles. The highest BCUT2D eigenvalue weighted by Crippen LogP contribution is 2.32. The van der Waals surface area contributed by atoms with Crippen molar-refractivity contribution in [1.29, 1.82) is 0 Å². The van der Waals surface area contributed by atoms with E-state index in [1.54, 1.807) is 0 Å². The van der Waals surface area contributed by atoms with Crippen molar-refractivity contribution < 1.29 is 0 Å². The summed E-state index contributed by atoms with van der Waals surface area (Å²) in [6.07, 6.45) is 5.65. The molecule has 0 saturated heterocycles. The molecule has 0 radical (unpaired) electrons. The quantitative estimate of drug-likeness (QED) is 0.789. The Hall–Kier alpha value is -0.640. The standard InChI is InChI=1S/C17H23NS2/c1-13-6-2-3-7-14(13)12-18-17(15-8-4-10-19-15)16-9-5-11-20-16/h4-5,8-11,13-14,17-18H,2-3,6-7,12H2,1H3. The van der Waals surface area contributed by atoms with Crippen molar-refractivity contribution in [2.45, 2.75) is 38.6 Å². The molecule has 1 N–H and O–H groups in total. The molecule has 3 heteroatoms. The van der Waals surface area contributed by atoms with Crippen molar-refractivity contribution in [2.75, 3.05) is 6.54 Å². The second-order valence-electron chi connectivity index (χ2n) is 5.89. The lowest BCUT2D eigenvalue weighted by atomic mass is 9.80. The van der Waals surface area contributed by atoms with Gasteiger partial charge in [-0.1, -0.05) is 38.3 Å². The highest BCUT2D eigenvalue weighted by Gasteiger charge is 2.23. The van der Waals surface area contributed by atoms with Crippen molar-refractivity contribution in [3.8, 4) is 0 Å². The molecule has 3 rings (SSSR count). The molecule has 0 bridgehead atoms. The van der Waals surface area contributed by atoms with Crippen LogP contribution in [0.1, 0.15) is 48.4 Å². The Bertz CT molecular complexity index is 455. The summed E-state index contributed by atoms with van der Waals surface area (Å²) in [5.41, 5.74) is 0. The molecule has 20 heavy (non-hydrogen) atoms. The molecule has 0 amide bonds. The summed E-state index contributed by atoms with van der Waals surface area (Å²) in [5.74, 6) is 1.73. The van der Waals surface area contributed by atoms with Crippen LogP contribution in [0.15, 0.2) is 35.0 Å². The molecular formula is C17H23NS2. The zero-order valence-electron chi connectivity index (χ0n) is 12.0. The van der Waals surface area contributed by atoms with E-state index in [1.807, 2.05) is 22.7 Å². The van der Waals surface area contributed by atoms with E-state index in [0.717, 1.165) is 18.4 Å². The van der Waals surface area contributed by atoms with Crippen LogP contribution in [0.5, 0.6) is 0 Å². The van der Waals surface area contributed by atoms with Crippen LogP contribution in [0, 0.1) is 11.8 Å². The van der Waals surface area contributed by atoms with E-state index in [0.29, 0.717) is 6.04 Å². The van der Waals surface area contributed by atoms with Gasteiger partial charge in [0.1, 0.15) is 0 Å². The predicted molar refractivity (Wildman–Crippen MR) is 89.6 cm³/mol. The van der Waals surface area contributed by atoms with E-state index in [9.17, 15) is 0 Å². The fourth-order valence-corrected chi connectivity index (χ4v) is 4.93. The Morgan fingerprint density at radius 1 is 1.10 bits per heavy atom. The van der Waals surface area contributed by atoms with E-state index < -0.39 is 0 Å². The highest BCUT2D eigenvalue weighted by atomic mass is 32.1. The summed E-state index contributed by atoms with van der Waals surface area (Å²) < 4.78 is 0. The highest BCUT2D eigenvalue weighted by molar-refractivity contribution is 7.11. The van der Waals surface area contributed by atoms with Crippen molar-refractivity contribution in [2.24, 2.45) is 11.8 Å². The summed E-state index contributed by atoms with van der Waals surface area (Å²) >= 11 is 3.72. The largest absolute Gasteiger partial charge is 0.305 e. The van der Waals surface area contributed by atoms with Gasteiger partial charge >= 0.3 is 0 Å². The first kappa shape index (κ1) is 14.3. The van der Waals surface area contributed by atoms with Crippen LogP contribution < -0.4 is 5.32 Å². The first-order valence-corrected chi connectivity index (χ1v) is 9.40. The van der Waals surface area contributed by atoms with E-state index in [4.69, 9.17) is 0 Å². The minimum absolute atomic E-state index is 0.393. The van der Waals surface area contributed by atoms with Crippen LogP contribution in [-0.2, 0) is 0 Å². The van der Waals surface area contributed by atoms with E-state index >= 15 is 0 Å². The van der Waals surface area contributed by atoms with Crippen molar-refractivity contribution in [3.05, 3.63) is 44.8 Å². The molecule has 108 valence electrons. The first-order valence-electron chi connectivity index (χ1n) is 7.65. The van der Waals surface area contributed by atoms with Gasteiger partial charge in [-0.15, -0.1) is 22.7 Å². The molecule has 1 aliphatic carbocycles. The molecular weight excluding hydrogens is 282 g/mol. The molecule has 2 unspecified atom stereocenters. The second-order valence-corrected chi connectivity index (χ2v) is 7.85. The average Bonchev–Trinajstić information content (AvgIpc) is 3.14. The van der Waals surface area contributed by atoms with Gasteiger partial charge in [-0.25, -0.2) is 0 Å². The first-order chi connectivity index (χ1) is 9.84. The van der Waals surface area contributed by atoms with Crippen LogP contribution >= 0.6 is 22.7 Å². The SMILES string of the molecule is CC1CCCCC1CNC(c1cccs1)c1cccs1. The number of hydrogen-bond acceptors (Lipinski definition) is 3. The van der Waals surface area contributed by atoms with Gasteiger partial charge in [0.15, 0.2) is 0 Å². The molecule has 1 aliphatic rings. The lowest BCUT2D eigenvalue weighted by molar-refractivity contribution is 0.244. The smallest absolute Gasteiger partial charge is 0.0764 e. The number of rotatable bonds is 5. The third-order valence-electron chi connectivity index (χ3n) is 4.53. The minimum atomic E-state index is 0.393. The van der Waals surface area contributed by atoms with Crippen LogP contribution in [-0.4, -0.2) is 6.54 Å². The predicted octanol–water partition coefficient (Wildman–Crippen LogP) is 5.31. The van der Waals surface area contributed by atoms with E-state index in [1.165, 1.54) is 35.4 Å². The van der Waals surface area contributed by atoms with Gasteiger partial charge < -0.3 is 5.32 Å². The lowest BCUT2D eigenvalue weighted by Gasteiger charge is -2.30. The fraction of sp³-hybridized carbons (Fsp3) is 0.529. The van der Waals surface area contributed by atoms with E-state index in [-0.39, 0.29) is 0 Å². The second kappa shape index (κ2) is 6.88. The molecule has 2 atom stereocenters. The Morgan fingerprint density at radius 3 is 2.30 bits per heavy atom. The monoisotopic (exact) mass is 305 g/mol. The maximum atomic E-state index is 3.85. The fourth-order valence-electron chi connectivity index (χ4n) is 3.22. The average molecular weight is 306 g/mol. The molecule has 0 aliphatic heterocycles. The minimum Gasteiger partial charge on any atom is -0.305 e. The molecule has 0 spiro atoms. The molecule has 2 aromatic rings. The Morgan fingerprint density at radius 2 is 1.75 bits per heavy atom. The maximum absolute atomic E-state index is 3.85. The molecule has 0 aromatic carbocycles. The van der Waals surface area contributed by atoms with Gasteiger partial charge in [0, 0.05) is 9.75 Å².